The standard InChI is InChI=1S/C18H23BrOS/c1-18(2,3)17-12-11-16(21-17)15(19)10-7-13-5-8-14(20-4)9-6-13/h5-6,8-9,11-12,15H,7,10H2,1-4H3. The molecule has 1 aromatic heterocycles. The average Bonchev–Trinajstić information content (AvgIpc) is 2.95. The Morgan fingerprint density at radius 3 is 2.29 bits per heavy atom. The first-order chi connectivity index (χ1) is 9.90. The van der Waals surface area contributed by atoms with Crippen LogP contribution in [0.5, 0.6) is 5.75 Å². The Balaban J connectivity index is 1.94. The average molecular weight is 367 g/mol. The van der Waals surface area contributed by atoms with Crippen LogP contribution in [0.1, 0.15) is 47.3 Å². The van der Waals surface area contributed by atoms with Gasteiger partial charge in [-0.15, -0.1) is 11.3 Å². The van der Waals surface area contributed by atoms with Gasteiger partial charge in [0.25, 0.3) is 0 Å². The molecule has 0 bridgehead atoms. The maximum atomic E-state index is 5.19. The zero-order chi connectivity index (χ0) is 15.5. The summed E-state index contributed by atoms with van der Waals surface area (Å²) in [6.45, 7) is 6.80. The second-order valence-corrected chi connectivity index (χ2v) is 8.53. The minimum absolute atomic E-state index is 0.242. The fourth-order valence-corrected chi connectivity index (χ4v) is 3.89. The lowest BCUT2D eigenvalue weighted by Crippen LogP contribution is -2.07. The van der Waals surface area contributed by atoms with Gasteiger partial charge in [0.15, 0.2) is 0 Å². The molecule has 0 spiro atoms. The van der Waals surface area contributed by atoms with E-state index < -0.39 is 0 Å². The lowest BCUT2D eigenvalue weighted by Gasteiger charge is -2.15. The van der Waals surface area contributed by atoms with E-state index in [1.807, 2.05) is 23.5 Å². The van der Waals surface area contributed by atoms with Crippen molar-refractivity contribution < 1.29 is 4.74 Å². The van der Waals surface area contributed by atoms with E-state index in [9.17, 15) is 0 Å². The van der Waals surface area contributed by atoms with E-state index in [4.69, 9.17) is 4.74 Å². The van der Waals surface area contributed by atoms with Crippen LogP contribution < -0.4 is 4.74 Å². The lowest BCUT2D eigenvalue weighted by molar-refractivity contribution is 0.414. The summed E-state index contributed by atoms with van der Waals surface area (Å²) in [4.78, 5) is 3.31. The second kappa shape index (κ2) is 6.97. The van der Waals surface area contributed by atoms with Crippen molar-refractivity contribution in [2.45, 2.75) is 43.9 Å². The van der Waals surface area contributed by atoms with Gasteiger partial charge in [-0.3, -0.25) is 0 Å². The zero-order valence-corrected chi connectivity index (χ0v) is 15.6. The molecule has 2 rings (SSSR count). The molecule has 0 radical (unpaired) electrons. The summed E-state index contributed by atoms with van der Waals surface area (Å²) in [7, 11) is 1.70. The molecular formula is C18H23BrOS. The van der Waals surface area contributed by atoms with Crippen molar-refractivity contribution >= 4 is 27.3 Å². The Kier molecular flexibility index (Phi) is 5.50. The van der Waals surface area contributed by atoms with Gasteiger partial charge in [-0.05, 0) is 48.1 Å². The van der Waals surface area contributed by atoms with E-state index in [2.05, 4.69) is 61.0 Å². The molecule has 3 heteroatoms. The predicted molar refractivity (Wildman–Crippen MR) is 96.0 cm³/mol. The highest BCUT2D eigenvalue weighted by Gasteiger charge is 2.18. The summed E-state index contributed by atoms with van der Waals surface area (Å²) in [5.74, 6) is 0.919. The summed E-state index contributed by atoms with van der Waals surface area (Å²) in [6, 6.07) is 12.9. The van der Waals surface area contributed by atoms with E-state index in [0.717, 1.165) is 18.6 Å². The number of methoxy groups -OCH3 is 1. The number of aryl methyl sites for hydroxylation is 1. The Hall–Kier alpha value is -0.800. The Morgan fingerprint density at radius 2 is 1.76 bits per heavy atom. The van der Waals surface area contributed by atoms with Crippen molar-refractivity contribution in [1.82, 2.24) is 0 Å². The van der Waals surface area contributed by atoms with E-state index >= 15 is 0 Å². The summed E-state index contributed by atoms with van der Waals surface area (Å²) in [5.41, 5.74) is 1.60. The molecule has 1 atom stereocenters. The monoisotopic (exact) mass is 366 g/mol. The molecule has 1 aromatic carbocycles. The fraction of sp³-hybridized carbons (Fsp3) is 0.444. The maximum absolute atomic E-state index is 5.19. The fourth-order valence-electron chi connectivity index (χ4n) is 2.15. The van der Waals surface area contributed by atoms with Crippen molar-refractivity contribution in [3.63, 3.8) is 0 Å². The third kappa shape index (κ3) is 4.58. The van der Waals surface area contributed by atoms with E-state index in [1.54, 1.807) is 7.11 Å². The SMILES string of the molecule is COc1ccc(CCC(Br)c2ccc(C(C)(C)C)s2)cc1. The molecule has 0 saturated heterocycles. The van der Waals surface area contributed by atoms with Gasteiger partial charge in [0.2, 0.25) is 0 Å². The number of ether oxygens (including phenoxy) is 1. The van der Waals surface area contributed by atoms with Gasteiger partial charge in [-0.2, -0.15) is 0 Å². The minimum Gasteiger partial charge on any atom is -0.497 e. The first-order valence-corrected chi connectivity index (χ1v) is 9.00. The third-order valence-corrected chi connectivity index (χ3v) is 6.40. The molecule has 1 nitrogen and oxygen atoms in total. The number of benzene rings is 1. The Morgan fingerprint density at radius 1 is 1.10 bits per heavy atom. The zero-order valence-electron chi connectivity index (χ0n) is 13.2. The molecule has 1 heterocycles. The normalized spacial score (nSPS) is 13.2. The summed E-state index contributed by atoms with van der Waals surface area (Å²) in [5, 5.41) is 0. The number of hydrogen-bond donors (Lipinski definition) is 0. The number of halogens is 1. The molecular weight excluding hydrogens is 344 g/mol. The number of alkyl halides is 1. The Bertz CT molecular complexity index is 566. The second-order valence-electron chi connectivity index (χ2n) is 6.31. The highest BCUT2D eigenvalue weighted by atomic mass is 79.9. The van der Waals surface area contributed by atoms with Crippen LogP contribution in [-0.4, -0.2) is 7.11 Å². The van der Waals surface area contributed by atoms with Crippen LogP contribution in [0.15, 0.2) is 36.4 Å². The minimum atomic E-state index is 0.242. The molecule has 0 amide bonds. The molecule has 0 fully saturated rings. The van der Waals surface area contributed by atoms with Crippen LogP contribution in [0.3, 0.4) is 0 Å². The quantitative estimate of drug-likeness (QED) is 0.578. The number of rotatable bonds is 5. The smallest absolute Gasteiger partial charge is 0.118 e. The van der Waals surface area contributed by atoms with Gasteiger partial charge in [-0.25, -0.2) is 0 Å². The maximum Gasteiger partial charge on any atom is 0.118 e. The van der Waals surface area contributed by atoms with Crippen LogP contribution in [0.4, 0.5) is 0 Å². The first kappa shape index (κ1) is 16.6. The van der Waals surface area contributed by atoms with Crippen LogP contribution in [0.25, 0.3) is 0 Å². The highest BCUT2D eigenvalue weighted by Crippen LogP contribution is 2.37. The molecule has 114 valence electrons. The van der Waals surface area contributed by atoms with Crippen molar-refractivity contribution in [2.75, 3.05) is 7.11 Å². The lowest BCUT2D eigenvalue weighted by atomic mass is 9.95. The highest BCUT2D eigenvalue weighted by molar-refractivity contribution is 9.09. The van der Waals surface area contributed by atoms with Crippen molar-refractivity contribution in [2.24, 2.45) is 0 Å². The summed E-state index contributed by atoms with van der Waals surface area (Å²) in [6.07, 6.45) is 2.18. The topological polar surface area (TPSA) is 9.23 Å². The molecule has 0 N–H and O–H groups in total. The first-order valence-electron chi connectivity index (χ1n) is 7.27. The van der Waals surface area contributed by atoms with Crippen molar-refractivity contribution in [3.8, 4) is 5.75 Å². The van der Waals surface area contributed by atoms with Gasteiger partial charge in [0, 0.05) is 14.6 Å². The van der Waals surface area contributed by atoms with Gasteiger partial charge < -0.3 is 4.74 Å². The van der Waals surface area contributed by atoms with Crippen molar-refractivity contribution in [3.05, 3.63) is 51.7 Å². The Labute approximate surface area is 140 Å². The van der Waals surface area contributed by atoms with Gasteiger partial charge in [-0.1, -0.05) is 48.8 Å². The van der Waals surface area contributed by atoms with Gasteiger partial charge >= 0.3 is 0 Å². The predicted octanol–water partition coefficient (Wildman–Crippen LogP) is 6.12. The molecule has 0 saturated carbocycles. The van der Waals surface area contributed by atoms with Crippen LogP contribution in [0, 0.1) is 0 Å². The van der Waals surface area contributed by atoms with Gasteiger partial charge in [0.1, 0.15) is 5.75 Å². The molecule has 2 aromatic rings. The summed E-state index contributed by atoms with van der Waals surface area (Å²) >= 11 is 5.76. The van der Waals surface area contributed by atoms with Gasteiger partial charge in [0.05, 0.1) is 7.11 Å². The third-order valence-electron chi connectivity index (χ3n) is 3.52. The summed E-state index contributed by atoms with van der Waals surface area (Å²) < 4.78 is 5.19. The molecule has 0 aliphatic rings. The molecule has 1 unspecified atom stereocenters. The van der Waals surface area contributed by atoms with Crippen LogP contribution >= 0.6 is 27.3 Å². The van der Waals surface area contributed by atoms with Crippen LogP contribution in [0.2, 0.25) is 0 Å². The molecule has 0 aliphatic carbocycles. The largest absolute Gasteiger partial charge is 0.497 e. The van der Waals surface area contributed by atoms with E-state index in [1.165, 1.54) is 15.3 Å². The molecule has 21 heavy (non-hydrogen) atoms. The van der Waals surface area contributed by atoms with Crippen molar-refractivity contribution in [1.29, 1.82) is 0 Å². The van der Waals surface area contributed by atoms with Crippen LogP contribution in [-0.2, 0) is 11.8 Å². The number of thiophene rings is 1. The molecule has 0 aliphatic heterocycles. The van der Waals surface area contributed by atoms with E-state index in [0.29, 0.717) is 4.83 Å². The number of hydrogen-bond acceptors (Lipinski definition) is 2. The van der Waals surface area contributed by atoms with E-state index in [-0.39, 0.29) is 5.41 Å².